The Morgan fingerprint density at radius 2 is 1.96 bits per heavy atom. The Balaban J connectivity index is 1.52. The van der Waals surface area contributed by atoms with E-state index in [1.54, 1.807) is 12.1 Å². The van der Waals surface area contributed by atoms with Crippen LogP contribution in [0.2, 0.25) is 0 Å². The fourth-order valence-corrected chi connectivity index (χ4v) is 3.57. The molecule has 2 aliphatic heterocycles. The van der Waals surface area contributed by atoms with Crippen LogP contribution < -0.4 is 10.6 Å². The third-order valence-electron chi connectivity index (χ3n) is 4.84. The number of aromatic nitrogens is 2. The first-order valence-corrected chi connectivity index (χ1v) is 8.56. The average molecular weight is 327 g/mol. The van der Waals surface area contributed by atoms with Crippen molar-refractivity contribution in [2.24, 2.45) is 0 Å². The predicted octanol–water partition coefficient (Wildman–Crippen LogP) is 2.36. The molecule has 2 aliphatic rings. The molecule has 0 radical (unpaired) electrons. The molecular weight excluding hydrogens is 305 g/mol. The van der Waals surface area contributed by atoms with Gasteiger partial charge in [-0.1, -0.05) is 12.1 Å². The Labute approximate surface area is 141 Å². The summed E-state index contributed by atoms with van der Waals surface area (Å²) in [4.78, 5) is 13.8. The normalized spacial score (nSPS) is 18.0. The summed E-state index contributed by atoms with van der Waals surface area (Å²) in [5, 5.41) is 0. The monoisotopic (exact) mass is 327 g/mol. The van der Waals surface area contributed by atoms with E-state index in [2.05, 4.69) is 14.8 Å². The number of hydrogen-bond donors (Lipinski definition) is 1. The molecule has 0 bridgehead atoms. The number of nitrogen functional groups attached to an aromatic ring is 1. The molecule has 0 unspecified atom stereocenters. The molecule has 1 aromatic carbocycles. The van der Waals surface area contributed by atoms with E-state index in [0.717, 1.165) is 55.4 Å². The minimum Gasteiger partial charge on any atom is -0.383 e. The van der Waals surface area contributed by atoms with Crippen molar-refractivity contribution in [2.75, 3.05) is 30.3 Å². The summed E-state index contributed by atoms with van der Waals surface area (Å²) in [6.07, 6.45) is 3.25. The molecule has 126 valence electrons. The van der Waals surface area contributed by atoms with Gasteiger partial charge >= 0.3 is 0 Å². The van der Waals surface area contributed by atoms with E-state index >= 15 is 0 Å². The molecule has 0 aliphatic carbocycles. The molecule has 1 fully saturated rings. The molecule has 24 heavy (non-hydrogen) atoms. The lowest BCUT2D eigenvalue weighted by atomic mass is 10.1. The van der Waals surface area contributed by atoms with Crippen molar-refractivity contribution < 1.29 is 4.39 Å². The van der Waals surface area contributed by atoms with Crippen LogP contribution in [0.15, 0.2) is 24.3 Å². The lowest BCUT2D eigenvalue weighted by Gasteiger charge is -2.29. The zero-order valence-corrected chi connectivity index (χ0v) is 13.7. The fraction of sp³-hybridized carbons (Fsp3) is 0.444. The first kappa shape index (κ1) is 15.3. The van der Waals surface area contributed by atoms with Gasteiger partial charge in [0, 0.05) is 44.7 Å². The number of fused-ring (bicyclic) bond motifs is 1. The van der Waals surface area contributed by atoms with Crippen molar-refractivity contribution in [3.8, 4) is 0 Å². The van der Waals surface area contributed by atoms with Gasteiger partial charge in [0.25, 0.3) is 0 Å². The second-order valence-electron chi connectivity index (χ2n) is 6.62. The van der Waals surface area contributed by atoms with E-state index in [9.17, 15) is 4.39 Å². The second-order valence-corrected chi connectivity index (χ2v) is 6.62. The van der Waals surface area contributed by atoms with Crippen LogP contribution in [-0.4, -0.2) is 34.5 Å². The highest BCUT2D eigenvalue weighted by Gasteiger charge is 2.24. The second kappa shape index (κ2) is 6.36. The van der Waals surface area contributed by atoms with Crippen LogP contribution in [-0.2, 0) is 19.5 Å². The average Bonchev–Trinajstić information content (AvgIpc) is 3.10. The minimum atomic E-state index is -0.192. The number of nitrogens with zero attached hydrogens (tertiary/aromatic N) is 4. The maximum atomic E-state index is 13.4. The van der Waals surface area contributed by atoms with E-state index in [-0.39, 0.29) is 5.82 Å². The van der Waals surface area contributed by atoms with Gasteiger partial charge in [0.2, 0.25) is 5.95 Å². The summed E-state index contributed by atoms with van der Waals surface area (Å²) in [5.74, 6) is 1.18. The van der Waals surface area contributed by atoms with Crippen molar-refractivity contribution in [3.63, 3.8) is 0 Å². The van der Waals surface area contributed by atoms with Crippen LogP contribution in [0.5, 0.6) is 0 Å². The molecule has 0 amide bonds. The lowest BCUT2D eigenvalue weighted by Crippen LogP contribution is -2.32. The van der Waals surface area contributed by atoms with Gasteiger partial charge in [-0.2, -0.15) is 4.98 Å². The van der Waals surface area contributed by atoms with Crippen LogP contribution in [0.4, 0.5) is 16.2 Å². The summed E-state index contributed by atoms with van der Waals surface area (Å²) in [5.41, 5.74) is 9.30. The highest BCUT2D eigenvalue weighted by Crippen LogP contribution is 2.26. The van der Waals surface area contributed by atoms with Crippen molar-refractivity contribution >= 4 is 11.8 Å². The highest BCUT2D eigenvalue weighted by atomic mass is 19.1. The van der Waals surface area contributed by atoms with E-state index in [1.807, 2.05) is 6.07 Å². The molecule has 5 nitrogen and oxygen atoms in total. The summed E-state index contributed by atoms with van der Waals surface area (Å²) in [6, 6.07) is 6.77. The largest absolute Gasteiger partial charge is 0.383 e. The van der Waals surface area contributed by atoms with Crippen LogP contribution >= 0.6 is 0 Å². The first-order valence-electron chi connectivity index (χ1n) is 8.56. The fourth-order valence-electron chi connectivity index (χ4n) is 3.57. The number of anilines is 2. The van der Waals surface area contributed by atoms with E-state index < -0.39 is 0 Å². The summed E-state index contributed by atoms with van der Waals surface area (Å²) >= 11 is 0. The van der Waals surface area contributed by atoms with Gasteiger partial charge in [-0.05, 0) is 30.5 Å². The molecule has 4 rings (SSSR count). The molecule has 0 saturated carbocycles. The predicted molar refractivity (Wildman–Crippen MR) is 92.1 cm³/mol. The van der Waals surface area contributed by atoms with Crippen LogP contribution in [0.1, 0.15) is 29.7 Å². The Hall–Kier alpha value is -2.21. The molecule has 6 heteroatoms. The van der Waals surface area contributed by atoms with Gasteiger partial charge < -0.3 is 10.6 Å². The number of benzene rings is 1. The number of rotatable bonds is 3. The third kappa shape index (κ3) is 3.06. The molecule has 0 spiro atoms. The zero-order chi connectivity index (χ0) is 16.5. The summed E-state index contributed by atoms with van der Waals surface area (Å²) in [7, 11) is 0. The first-order chi connectivity index (χ1) is 11.7. The van der Waals surface area contributed by atoms with Crippen molar-refractivity contribution in [2.45, 2.75) is 32.4 Å². The van der Waals surface area contributed by atoms with Gasteiger partial charge in [-0.15, -0.1) is 0 Å². The van der Waals surface area contributed by atoms with Gasteiger partial charge in [-0.25, -0.2) is 9.37 Å². The molecule has 2 aromatic rings. The molecule has 2 N–H and O–H groups in total. The topological polar surface area (TPSA) is 58.3 Å². The van der Waals surface area contributed by atoms with Gasteiger partial charge in [0.15, 0.2) is 0 Å². The standard InChI is InChI=1S/C18H22FN5/c19-14-5-3-4-13(10-14)11-23-9-6-16-15(12-23)17(20)22-18(21-16)24-7-1-2-8-24/h3-5,10H,1-2,6-9,11-12H2,(H2,20,21,22). The van der Waals surface area contributed by atoms with Gasteiger partial charge in [-0.3, -0.25) is 4.90 Å². The van der Waals surface area contributed by atoms with Crippen molar-refractivity contribution in [3.05, 3.63) is 46.9 Å². The quantitative estimate of drug-likeness (QED) is 0.938. The van der Waals surface area contributed by atoms with E-state index in [4.69, 9.17) is 10.7 Å². The number of halogens is 1. The maximum Gasteiger partial charge on any atom is 0.227 e. The third-order valence-corrected chi connectivity index (χ3v) is 4.84. The maximum absolute atomic E-state index is 13.4. The van der Waals surface area contributed by atoms with E-state index in [1.165, 1.54) is 18.9 Å². The Morgan fingerprint density at radius 1 is 1.12 bits per heavy atom. The van der Waals surface area contributed by atoms with Crippen molar-refractivity contribution in [1.82, 2.24) is 14.9 Å². The summed E-state index contributed by atoms with van der Waals surface area (Å²) in [6.45, 7) is 4.37. The Morgan fingerprint density at radius 3 is 2.75 bits per heavy atom. The zero-order valence-electron chi connectivity index (χ0n) is 13.7. The molecule has 3 heterocycles. The highest BCUT2D eigenvalue weighted by molar-refractivity contribution is 5.49. The van der Waals surface area contributed by atoms with Gasteiger partial charge in [0.1, 0.15) is 11.6 Å². The number of hydrogen-bond acceptors (Lipinski definition) is 5. The molecule has 1 saturated heterocycles. The smallest absolute Gasteiger partial charge is 0.227 e. The van der Waals surface area contributed by atoms with Crippen molar-refractivity contribution in [1.29, 1.82) is 0 Å². The van der Waals surface area contributed by atoms with Crippen LogP contribution in [0.3, 0.4) is 0 Å². The lowest BCUT2D eigenvalue weighted by molar-refractivity contribution is 0.243. The Kier molecular flexibility index (Phi) is 4.06. The molecule has 1 aromatic heterocycles. The molecule has 0 atom stereocenters. The minimum absolute atomic E-state index is 0.192. The Bertz CT molecular complexity index is 742. The van der Waals surface area contributed by atoms with Crippen LogP contribution in [0, 0.1) is 5.82 Å². The van der Waals surface area contributed by atoms with Crippen LogP contribution in [0.25, 0.3) is 0 Å². The van der Waals surface area contributed by atoms with Gasteiger partial charge in [0.05, 0.1) is 5.69 Å². The summed E-state index contributed by atoms with van der Waals surface area (Å²) < 4.78 is 13.4. The SMILES string of the molecule is Nc1nc(N2CCCC2)nc2c1CN(Cc1cccc(F)c1)CC2. The molecular formula is C18H22FN5. The number of nitrogens with two attached hydrogens (primary N) is 1. The van der Waals surface area contributed by atoms with E-state index in [0.29, 0.717) is 12.4 Å².